The first-order chi connectivity index (χ1) is 12.9. The fourth-order valence-corrected chi connectivity index (χ4v) is 4.43. The van der Waals surface area contributed by atoms with Gasteiger partial charge in [-0.05, 0) is 38.5 Å². The lowest BCUT2D eigenvalue weighted by Crippen LogP contribution is -2.37. The Bertz CT molecular complexity index is 757. The molecular formula is C18H21F3N4O2. The van der Waals surface area contributed by atoms with Crippen molar-refractivity contribution < 1.29 is 22.8 Å². The number of aromatic nitrogens is 2. The summed E-state index contributed by atoms with van der Waals surface area (Å²) in [5.41, 5.74) is 2.02. The molecule has 0 aromatic carbocycles. The van der Waals surface area contributed by atoms with E-state index < -0.39 is 23.7 Å². The highest BCUT2D eigenvalue weighted by molar-refractivity contribution is 6.06. The normalized spacial score (nSPS) is 25.8. The second-order valence-corrected chi connectivity index (χ2v) is 7.50. The van der Waals surface area contributed by atoms with Crippen LogP contribution < -0.4 is 5.43 Å². The number of carbonyl (C=O) groups excluding carboxylic acids is 2. The van der Waals surface area contributed by atoms with Crippen molar-refractivity contribution in [1.29, 1.82) is 0 Å². The molecule has 1 saturated heterocycles. The fourth-order valence-electron chi connectivity index (χ4n) is 4.43. The van der Waals surface area contributed by atoms with Gasteiger partial charge in [-0.25, -0.2) is 9.97 Å². The van der Waals surface area contributed by atoms with Gasteiger partial charge in [-0.3, -0.25) is 15.0 Å². The molecule has 2 heterocycles. The third-order valence-corrected chi connectivity index (χ3v) is 5.75. The molecule has 2 aliphatic carbocycles. The van der Waals surface area contributed by atoms with E-state index in [9.17, 15) is 22.8 Å². The van der Waals surface area contributed by atoms with Gasteiger partial charge in [0.25, 0.3) is 11.8 Å². The van der Waals surface area contributed by atoms with Gasteiger partial charge in [0.1, 0.15) is 0 Å². The molecule has 0 bridgehead atoms. The van der Waals surface area contributed by atoms with Crippen molar-refractivity contribution in [2.24, 2.45) is 11.8 Å². The molecule has 0 radical (unpaired) electrons. The number of anilines is 1. The Kier molecular flexibility index (Phi) is 4.55. The fraction of sp³-hybridized carbons (Fsp3) is 0.667. The molecule has 0 spiro atoms. The number of rotatable bonds is 2. The summed E-state index contributed by atoms with van der Waals surface area (Å²) in [6.07, 6.45) is 1.38. The summed E-state index contributed by atoms with van der Waals surface area (Å²) >= 11 is 0. The molecule has 1 aliphatic heterocycles. The van der Waals surface area contributed by atoms with Gasteiger partial charge in [0.15, 0.2) is 5.69 Å². The zero-order chi connectivity index (χ0) is 19.2. The van der Waals surface area contributed by atoms with Crippen molar-refractivity contribution in [3.63, 3.8) is 0 Å². The maximum absolute atomic E-state index is 13.5. The quantitative estimate of drug-likeness (QED) is 0.628. The molecule has 1 aromatic heterocycles. The van der Waals surface area contributed by atoms with Crippen LogP contribution in [0.15, 0.2) is 0 Å². The van der Waals surface area contributed by atoms with E-state index in [2.05, 4.69) is 15.4 Å². The SMILES string of the molecule is O=C1[C@H]2CCCC[C@H]2C(=O)N1Nc1nc2c(c(C(F)(F)F)n1)CCCCC2. The Morgan fingerprint density at radius 3 is 2.15 bits per heavy atom. The Hall–Kier alpha value is -2.19. The van der Waals surface area contributed by atoms with Crippen LogP contribution in [-0.4, -0.2) is 26.8 Å². The van der Waals surface area contributed by atoms with Crippen LogP contribution in [0.25, 0.3) is 0 Å². The van der Waals surface area contributed by atoms with Crippen LogP contribution in [0.4, 0.5) is 19.1 Å². The first kappa shape index (κ1) is 18.2. The van der Waals surface area contributed by atoms with E-state index >= 15 is 0 Å². The Morgan fingerprint density at radius 1 is 0.889 bits per heavy atom. The van der Waals surface area contributed by atoms with E-state index in [0.717, 1.165) is 30.7 Å². The van der Waals surface area contributed by atoms with Crippen LogP contribution in [0.3, 0.4) is 0 Å². The van der Waals surface area contributed by atoms with Gasteiger partial charge < -0.3 is 0 Å². The van der Waals surface area contributed by atoms with E-state index in [1.807, 2.05) is 0 Å². The number of nitrogens with one attached hydrogen (secondary N) is 1. The Morgan fingerprint density at radius 2 is 1.52 bits per heavy atom. The molecule has 1 aromatic rings. The summed E-state index contributed by atoms with van der Waals surface area (Å²) in [4.78, 5) is 33.0. The molecule has 3 aliphatic rings. The van der Waals surface area contributed by atoms with Gasteiger partial charge in [0.2, 0.25) is 5.95 Å². The number of aryl methyl sites for hydroxylation is 1. The highest BCUT2D eigenvalue weighted by atomic mass is 19.4. The first-order valence-electron chi connectivity index (χ1n) is 9.47. The third kappa shape index (κ3) is 3.27. The predicted octanol–water partition coefficient (Wildman–Crippen LogP) is 3.27. The van der Waals surface area contributed by atoms with Gasteiger partial charge in [0.05, 0.1) is 11.8 Å². The average Bonchev–Trinajstić information content (AvgIpc) is 2.81. The molecule has 2 fully saturated rings. The average molecular weight is 382 g/mol. The second-order valence-electron chi connectivity index (χ2n) is 7.50. The van der Waals surface area contributed by atoms with Crippen molar-refractivity contribution in [3.8, 4) is 0 Å². The minimum absolute atomic E-state index is 0.137. The standard InChI is InChI=1S/C18H21F3N4O2/c19-18(20,21)14-12-8-2-1-3-9-13(12)22-17(23-14)24-25-15(26)10-6-4-5-7-11(10)16(25)27/h10-11H,1-9H2,(H,22,23,24)/t10-,11+. The maximum atomic E-state index is 13.5. The number of amides is 2. The van der Waals surface area contributed by atoms with E-state index in [1.54, 1.807) is 0 Å². The number of hydrazine groups is 1. The lowest BCUT2D eigenvalue weighted by molar-refractivity contribution is -0.141. The third-order valence-electron chi connectivity index (χ3n) is 5.75. The summed E-state index contributed by atoms with van der Waals surface area (Å²) < 4.78 is 40.6. The number of hydrogen-bond donors (Lipinski definition) is 1. The van der Waals surface area contributed by atoms with E-state index in [1.165, 1.54) is 0 Å². The van der Waals surface area contributed by atoms with Crippen LogP contribution >= 0.6 is 0 Å². The summed E-state index contributed by atoms with van der Waals surface area (Å²) in [5, 5.41) is 0.833. The minimum atomic E-state index is -4.61. The molecule has 27 heavy (non-hydrogen) atoms. The van der Waals surface area contributed by atoms with Crippen LogP contribution in [0, 0.1) is 11.8 Å². The topological polar surface area (TPSA) is 75.2 Å². The Labute approximate surface area is 154 Å². The highest BCUT2D eigenvalue weighted by Crippen LogP contribution is 2.39. The molecular weight excluding hydrogens is 361 g/mol. The molecule has 2 amide bonds. The number of imide groups is 1. The molecule has 6 nitrogen and oxygen atoms in total. The van der Waals surface area contributed by atoms with Crippen LogP contribution in [0.5, 0.6) is 0 Å². The predicted molar refractivity (Wildman–Crippen MR) is 89.2 cm³/mol. The van der Waals surface area contributed by atoms with Gasteiger partial charge in [-0.2, -0.15) is 18.2 Å². The van der Waals surface area contributed by atoms with Crippen molar-refractivity contribution in [3.05, 3.63) is 17.0 Å². The molecule has 1 saturated carbocycles. The number of halogens is 3. The monoisotopic (exact) mass is 382 g/mol. The van der Waals surface area contributed by atoms with E-state index in [4.69, 9.17) is 0 Å². The summed E-state index contributed by atoms with van der Waals surface area (Å²) in [6, 6.07) is 0. The lowest BCUT2D eigenvalue weighted by Gasteiger charge is -2.19. The lowest BCUT2D eigenvalue weighted by atomic mass is 9.81. The van der Waals surface area contributed by atoms with Gasteiger partial charge >= 0.3 is 6.18 Å². The highest BCUT2D eigenvalue weighted by Gasteiger charge is 2.49. The molecule has 4 rings (SSSR count). The van der Waals surface area contributed by atoms with E-state index in [-0.39, 0.29) is 29.8 Å². The Balaban J connectivity index is 1.67. The van der Waals surface area contributed by atoms with Crippen molar-refractivity contribution >= 4 is 17.8 Å². The van der Waals surface area contributed by atoms with Crippen molar-refractivity contribution in [2.75, 3.05) is 5.43 Å². The molecule has 2 atom stereocenters. The summed E-state index contributed by atoms with van der Waals surface area (Å²) in [7, 11) is 0. The number of fused-ring (bicyclic) bond motifs is 2. The zero-order valence-electron chi connectivity index (χ0n) is 14.8. The van der Waals surface area contributed by atoms with Crippen LogP contribution in [-0.2, 0) is 28.6 Å². The van der Waals surface area contributed by atoms with Crippen molar-refractivity contribution in [1.82, 2.24) is 15.0 Å². The first-order valence-corrected chi connectivity index (χ1v) is 9.47. The molecule has 0 unspecified atom stereocenters. The number of alkyl halides is 3. The molecule has 9 heteroatoms. The largest absolute Gasteiger partial charge is 0.433 e. The van der Waals surface area contributed by atoms with Crippen LogP contribution in [0.1, 0.15) is 61.9 Å². The summed E-state index contributed by atoms with van der Waals surface area (Å²) in [6.45, 7) is 0. The maximum Gasteiger partial charge on any atom is 0.433 e. The van der Waals surface area contributed by atoms with Crippen LogP contribution in [0.2, 0.25) is 0 Å². The van der Waals surface area contributed by atoms with E-state index in [0.29, 0.717) is 31.4 Å². The minimum Gasteiger partial charge on any atom is -0.272 e. The van der Waals surface area contributed by atoms with Crippen molar-refractivity contribution in [2.45, 2.75) is 64.0 Å². The number of carbonyl (C=O) groups is 2. The molecule has 1 N–H and O–H groups in total. The van der Waals surface area contributed by atoms with Gasteiger partial charge in [-0.15, -0.1) is 0 Å². The zero-order valence-corrected chi connectivity index (χ0v) is 14.8. The molecule has 146 valence electrons. The second kappa shape index (κ2) is 6.76. The van der Waals surface area contributed by atoms with Gasteiger partial charge in [0, 0.05) is 11.3 Å². The number of hydrogen-bond acceptors (Lipinski definition) is 5. The van der Waals surface area contributed by atoms with Gasteiger partial charge in [-0.1, -0.05) is 19.3 Å². The summed E-state index contributed by atoms with van der Waals surface area (Å²) in [5.74, 6) is -1.89. The number of nitrogens with zero attached hydrogens (tertiary/aromatic N) is 3. The smallest absolute Gasteiger partial charge is 0.272 e.